The largest absolute Gasteiger partial charge is 0.465 e. The number of amides is 2. The average Bonchev–Trinajstić information content (AvgIpc) is 2.72. The molecule has 0 aromatic heterocycles. The molecule has 0 saturated heterocycles. The van der Waals surface area contributed by atoms with Crippen LogP contribution in [0.2, 0.25) is 0 Å². The van der Waals surface area contributed by atoms with Crippen LogP contribution in [0.4, 0.5) is 21.9 Å². The Balaban J connectivity index is 1.79. The molecule has 0 bridgehead atoms. The first kappa shape index (κ1) is 22.7. The van der Waals surface area contributed by atoms with E-state index in [0.717, 1.165) is 20.0 Å². The smallest absolute Gasteiger partial charge is 0.409 e. The summed E-state index contributed by atoms with van der Waals surface area (Å²) in [7, 11) is 0. The van der Waals surface area contributed by atoms with Gasteiger partial charge in [0.2, 0.25) is 0 Å². The normalized spacial score (nSPS) is 10.7. The molecule has 31 heavy (non-hydrogen) atoms. The SMILES string of the molecule is CC(C)N(C(=O)c1ccc(Sc2ccc(NC(=O)O)cc2)c(N)c1)c1ccc(Br)cc1. The van der Waals surface area contributed by atoms with Crippen molar-refractivity contribution in [3.05, 3.63) is 76.8 Å². The summed E-state index contributed by atoms with van der Waals surface area (Å²) in [6, 6.07) is 19.9. The lowest BCUT2D eigenvalue weighted by atomic mass is 10.1. The minimum absolute atomic E-state index is 0.0260. The Bertz CT molecular complexity index is 1090. The summed E-state index contributed by atoms with van der Waals surface area (Å²) in [6.07, 6.45) is -1.11. The van der Waals surface area contributed by atoms with Gasteiger partial charge in [0.1, 0.15) is 0 Å². The van der Waals surface area contributed by atoms with Gasteiger partial charge in [-0.2, -0.15) is 0 Å². The van der Waals surface area contributed by atoms with Gasteiger partial charge >= 0.3 is 6.09 Å². The number of nitrogens with two attached hydrogens (primary N) is 1. The first-order chi connectivity index (χ1) is 14.7. The number of hydrogen-bond acceptors (Lipinski definition) is 4. The van der Waals surface area contributed by atoms with Crippen molar-refractivity contribution in [1.82, 2.24) is 0 Å². The van der Waals surface area contributed by atoms with Crippen LogP contribution in [0.5, 0.6) is 0 Å². The summed E-state index contributed by atoms with van der Waals surface area (Å²) in [4.78, 5) is 27.4. The number of carbonyl (C=O) groups excluding carboxylic acids is 1. The molecule has 0 aliphatic carbocycles. The third-order valence-electron chi connectivity index (χ3n) is 4.43. The zero-order valence-corrected chi connectivity index (χ0v) is 19.4. The van der Waals surface area contributed by atoms with Crippen LogP contribution in [0.1, 0.15) is 24.2 Å². The number of halogens is 1. The van der Waals surface area contributed by atoms with Gasteiger partial charge in [-0.15, -0.1) is 0 Å². The van der Waals surface area contributed by atoms with Crippen LogP contribution in [0, 0.1) is 0 Å². The number of anilines is 3. The van der Waals surface area contributed by atoms with Crippen LogP contribution in [0.3, 0.4) is 0 Å². The molecule has 3 aromatic carbocycles. The van der Waals surface area contributed by atoms with E-state index in [1.807, 2.05) is 56.3 Å². The van der Waals surface area contributed by atoms with Crippen LogP contribution in [0.25, 0.3) is 0 Å². The number of carbonyl (C=O) groups is 2. The van der Waals surface area contributed by atoms with Gasteiger partial charge in [-0.25, -0.2) is 4.79 Å². The molecule has 0 aliphatic heterocycles. The Hall–Kier alpha value is -2.97. The van der Waals surface area contributed by atoms with Crippen molar-refractivity contribution in [1.29, 1.82) is 0 Å². The summed E-state index contributed by atoms with van der Waals surface area (Å²) in [5, 5.41) is 11.1. The number of carboxylic acid groups (broad SMARTS) is 1. The second kappa shape index (κ2) is 9.89. The van der Waals surface area contributed by atoms with Crippen molar-refractivity contribution >= 4 is 56.8 Å². The monoisotopic (exact) mass is 499 g/mol. The van der Waals surface area contributed by atoms with Gasteiger partial charge in [-0.05, 0) is 80.6 Å². The van der Waals surface area contributed by atoms with E-state index in [9.17, 15) is 9.59 Å². The molecule has 160 valence electrons. The first-order valence-corrected chi connectivity index (χ1v) is 11.1. The van der Waals surface area contributed by atoms with Gasteiger partial charge in [0.05, 0.1) is 0 Å². The summed E-state index contributed by atoms with van der Waals surface area (Å²) in [5.41, 5.74) is 8.57. The fourth-order valence-electron chi connectivity index (χ4n) is 3.02. The topological polar surface area (TPSA) is 95.7 Å². The Morgan fingerprint density at radius 2 is 1.68 bits per heavy atom. The molecule has 0 radical (unpaired) electrons. The van der Waals surface area contributed by atoms with Crippen molar-refractivity contribution in [3.63, 3.8) is 0 Å². The summed E-state index contributed by atoms with van der Waals surface area (Å²) in [5.74, 6) is -0.121. The highest BCUT2D eigenvalue weighted by Crippen LogP contribution is 2.34. The molecule has 0 aliphatic rings. The molecule has 0 atom stereocenters. The molecule has 4 N–H and O–H groups in total. The van der Waals surface area contributed by atoms with Crippen molar-refractivity contribution < 1.29 is 14.7 Å². The molecule has 8 heteroatoms. The van der Waals surface area contributed by atoms with E-state index in [0.29, 0.717) is 16.9 Å². The zero-order chi connectivity index (χ0) is 22.5. The standard InChI is InChI=1S/C23H22BrN3O3S/c1-14(2)27(18-8-4-16(24)5-9-18)22(28)15-3-12-21(20(25)13-15)31-19-10-6-17(7-11-19)26-23(29)30/h3-14,26H,25H2,1-2H3,(H,29,30). The number of hydrogen-bond donors (Lipinski definition) is 3. The van der Waals surface area contributed by atoms with Crippen LogP contribution in [0.15, 0.2) is 81.0 Å². The lowest BCUT2D eigenvalue weighted by molar-refractivity contribution is 0.0980. The predicted octanol–water partition coefficient (Wildman–Crippen LogP) is 6.33. The van der Waals surface area contributed by atoms with E-state index in [1.165, 1.54) is 11.8 Å². The van der Waals surface area contributed by atoms with Gasteiger partial charge in [0.25, 0.3) is 5.91 Å². The number of benzene rings is 3. The molecule has 0 heterocycles. The van der Waals surface area contributed by atoms with E-state index in [2.05, 4.69) is 21.2 Å². The minimum Gasteiger partial charge on any atom is -0.465 e. The van der Waals surface area contributed by atoms with Crippen LogP contribution in [-0.2, 0) is 0 Å². The highest BCUT2D eigenvalue weighted by Gasteiger charge is 2.21. The number of nitrogens with one attached hydrogen (secondary N) is 1. The molecule has 3 aromatic rings. The summed E-state index contributed by atoms with van der Waals surface area (Å²) in [6.45, 7) is 3.94. The fourth-order valence-corrected chi connectivity index (χ4v) is 4.13. The predicted molar refractivity (Wildman–Crippen MR) is 129 cm³/mol. The Morgan fingerprint density at radius 1 is 1.03 bits per heavy atom. The third-order valence-corrected chi connectivity index (χ3v) is 6.06. The van der Waals surface area contributed by atoms with E-state index in [-0.39, 0.29) is 11.9 Å². The first-order valence-electron chi connectivity index (χ1n) is 9.51. The van der Waals surface area contributed by atoms with E-state index >= 15 is 0 Å². The van der Waals surface area contributed by atoms with Crippen LogP contribution < -0.4 is 16.0 Å². The lowest BCUT2D eigenvalue weighted by Gasteiger charge is -2.27. The average molecular weight is 500 g/mol. The quantitative estimate of drug-likeness (QED) is 0.344. The maximum absolute atomic E-state index is 13.2. The van der Waals surface area contributed by atoms with Crippen LogP contribution in [-0.4, -0.2) is 23.1 Å². The second-order valence-corrected chi connectivity index (χ2v) is 9.09. The Morgan fingerprint density at radius 3 is 2.23 bits per heavy atom. The Labute approximate surface area is 193 Å². The van der Waals surface area contributed by atoms with Crippen molar-refractivity contribution in [2.75, 3.05) is 16.0 Å². The molecule has 6 nitrogen and oxygen atoms in total. The van der Waals surface area contributed by atoms with Gasteiger partial charge in [0.15, 0.2) is 0 Å². The molecule has 2 amide bonds. The minimum atomic E-state index is -1.11. The second-order valence-electron chi connectivity index (χ2n) is 7.05. The molecular formula is C23H22BrN3O3S. The molecular weight excluding hydrogens is 478 g/mol. The van der Waals surface area contributed by atoms with Gasteiger partial charge in [0, 0.05) is 42.9 Å². The highest BCUT2D eigenvalue weighted by molar-refractivity contribution is 9.10. The highest BCUT2D eigenvalue weighted by atomic mass is 79.9. The van der Waals surface area contributed by atoms with Gasteiger partial charge < -0.3 is 15.7 Å². The van der Waals surface area contributed by atoms with Gasteiger partial charge in [-0.3, -0.25) is 10.1 Å². The zero-order valence-electron chi connectivity index (χ0n) is 17.0. The number of nitrogen functional groups attached to an aromatic ring is 1. The molecule has 0 unspecified atom stereocenters. The number of nitrogens with zero attached hydrogens (tertiary/aromatic N) is 1. The maximum Gasteiger partial charge on any atom is 0.409 e. The number of rotatable bonds is 6. The van der Waals surface area contributed by atoms with Crippen molar-refractivity contribution in [2.24, 2.45) is 0 Å². The van der Waals surface area contributed by atoms with Gasteiger partial charge in [-0.1, -0.05) is 27.7 Å². The Kier molecular flexibility index (Phi) is 7.25. The fraction of sp³-hybridized carbons (Fsp3) is 0.130. The molecule has 3 rings (SSSR count). The van der Waals surface area contributed by atoms with E-state index in [4.69, 9.17) is 10.8 Å². The van der Waals surface area contributed by atoms with Crippen molar-refractivity contribution in [3.8, 4) is 0 Å². The summed E-state index contributed by atoms with van der Waals surface area (Å²) < 4.78 is 0.949. The maximum atomic E-state index is 13.2. The molecule has 0 saturated carbocycles. The third kappa shape index (κ3) is 5.80. The van der Waals surface area contributed by atoms with Crippen molar-refractivity contribution in [2.45, 2.75) is 29.7 Å². The molecule has 0 spiro atoms. The van der Waals surface area contributed by atoms with E-state index in [1.54, 1.807) is 29.2 Å². The van der Waals surface area contributed by atoms with E-state index < -0.39 is 6.09 Å². The summed E-state index contributed by atoms with van der Waals surface area (Å²) >= 11 is 4.87. The molecule has 0 fully saturated rings. The van der Waals surface area contributed by atoms with Crippen LogP contribution >= 0.6 is 27.7 Å². The lowest BCUT2D eigenvalue weighted by Crippen LogP contribution is -2.37.